The van der Waals surface area contributed by atoms with Crippen molar-refractivity contribution in [1.29, 1.82) is 0 Å². The quantitative estimate of drug-likeness (QED) is 0.817. The summed E-state index contributed by atoms with van der Waals surface area (Å²) in [5.74, 6) is 1.00. The molecule has 1 aliphatic heterocycles. The minimum Gasteiger partial charge on any atom is -0.395 e. The Labute approximate surface area is 110 Å². The van der Waals surface area contributed by atoms with Crippen molar-refractivity contribution >= 4 is 5.91 Å². The van der Waals surface area contributed by atoms with Crippen LogP contribution in [0.5, 0.6) is 0 Å². The zero-order valence-corrected chi connectivity index (χ0v) is 11.5. The first-order valence-electron chi connectivity index (χ1n) is 7.31. The van der Waals surface area contributed by atoms with Gasteiger partial charge in [0.2, 0.25) is 5.91 Å². The van der Waals surface area contributed by atoms with Gasteiger partial charge in [0.15, 0.2) is 0 Å². The first-order chi connectivity index (χ1) is 8.72. The highest BCUT2D eigenvalue weighted by atomic mass is 16.3. The van der Waals surface area contributed by atoms with Gasteiger partial charge in [-0.1, -0.05) is 12.8 Å². The molecule has 1 amide bonds. The maximum atomic E-state index is 12.3. The molecule has 4 heteroatoms. The van der Waals surface area contributed by atoms with E-state index in [4.69, 9.17) is 5.11 Å². The zero-order chi connectivity index (χ0) is 13.0. The van der Waals surface area contributed by atoms with Gasteiger partial charge in [-0.05, 0) is 38.6 Å². The van der Waals surface area contributed by atoms with Gasteiger partial charge in [0.1, 0.15) is 0 Å². The number of likely N-dealkylation sites (N-methyl/N-ethyl adjacent to an activating group) is 1. The third-order valence-electron chi connectivity index (χ3n) is 4.45. The van der Waals surface area contributed by atoms with Gasteiger partial charge >= 0.3 is 0 Å². The van der Waals surface area contributed by atoms with Crippen LogP contribution in [0.2, 0.25) is 0 Å². The number of aliphatic hydroxyl groups is 1. The van der Waals surface area contributed by atoms with Crippen LogP contribution in [0.1, 0.15) is 38.5 Å². The molecule has 0 aromatic carbocycles. The predicted molar refractivity (Wildman–Crippen MR) is 71.3 cm³/mol. The third kappa shape index (κ3) is 3.23. The van der Waals surface area contributed by atoms with Crippen molar-refractivity contribution in [1.82, 2.24) is 9.80 Å². The Balaban J connectivity index is 1.91. The fraction of sp³-hybridized carbons (Fsp3) is 0.929. The highest BCUT2D eigenvalue weighted by molar-refractivity contribution is 5.78. The normalized spacial score (nSPS) is 28.3. The molecule has 1 aliphatic carbocycles. The van der Waals surface area contributed by atoms with Gasteiger partial charge < -0.3 is 10.0 Å². The second kappa shape index (κ2) is 6.53. The highest BCUT2D eigenvalue weighted by Gasteiger charge is 2.35. The molecule has 1 saturated heterocycles. The molecule has 0 bridgehead atoms. The number of nitrogens with zero attached hydrogens (tertiary/aromatic N) is 2. The molecule has 0 aromatic rings. The van der Waals surface area contributed by atoms with Crippen LogP contribution in [0.3, 0.4) is 0 Å². The second-order valence-electron chi connectivity index (χ2n) is 5.80. The summed E-state index contributed by atoms with van der Waals surface area (Å²) in [6.45, 7) is 2.08. The Morgan fingerprint density at radius 3 is 2.78 bits per heavy atom. The van der Waals surface area contributed by atoms with Crippen LogP contribution < -0.4 is 0 Å². The van der Waals surface area contributed by atoms with E-state index in [1.54, 1.807) is 0 Å². The molecule has 4 nitrogen and oxygen atoms in total. The molecular formula is C14H26N2O2. The number of aliphatic hydroxyl groups excluding tert-OH is 1. The van der Waals surface area contributed by atoms with Crippen LogP contribution >= 0.6 is 0 Å². The SMILES string of the molecule is CN(CCO)CC(=O)N1CCCC2CCCCC21. The maximum Gasteiger partial charge on any atom is 0.236 e. The molecule has 1 N–H and O–H groups in total. The smallest absolute Gasteiger partial charge is 0.236 e. The summed E-state index contributed by atoms with van der Waals surface area (Å²) in [6.07, 6.45) is 7.59. The summed E-state index contributed by atoms with van der Waals surface area (Å²) >= 11 is 0. The van der Waals surface area contributed by atoms with E-state index in [0.717, 1.165) is 18.9 Å². The molecule has 2 aliphatic rings. The summed E-state index contributed by atoms with van der Waals surface area (Å²) in [5.41, 5.74) is 0. The third-order valence-corrected chi connectivity index (χ3v) is 4.45. The van der Waals surface area contributed by atoms with E-state index < -0.39 is 0 Å². The Kier molecular flexibility index (Phi) is 5.01. The fourth-order valence-electron chi connectivity index (χ4n) is 3.51. The molecule has 1 heterocycles. The minimum atomic E-state index is 0.121. The number of rotatable bonds is 4. The van der Waals surface area contributed by atoms with E-state index in [9.17, 15) is 4.79 Å². The topological polar surface area (TPSA) is 43.8 Å². The van der Waals surface area contributed by atoms with Crippen LogP contribution in [0.4, 0.5) is 0 Å². The molecule has 104 valence electrons. The zero-order valence-electron chi connectivity index (χ0n) is 11.5. The second-order valence-corrected chi connectivity index (χ2v) is 5.80. The lowest BCUT2D eigenvalue weighted by molar-refractivity contribution is -0.138. The van der Waals surface area contributed by atoms with Crippen molar-refractivity contribution in [3.63, 3.8) is 0 Å². The van der Waals surface area contributed by atoms with Gasteiger partial charge in [-0.2, -0.15) is 0 Å². The van der Waals surface area contributed by atoms with Gasteiger partial charge in [-0.15, -0.1) is 0 Å². The number of hydrogen-bond acceptors (Lipinski definition) is 3. The summed E-state index contributed by atoms with van der Waals surface area (Å²) in [7, 11) is 1.90. The summed E-state index contributed by atoms with van der Waals surface area (Å²) in [5, 5.41) is 8.88. The standard InChI is InChI=1S/C14H26N2O2/c1-15(9-10-17)11-14(18)16-8-4-6-12-5-2-3-7-13(12)16/h12-13,17H,2-11H2,1H3. The molecule has 0 spiro atoms. The van der Waals surface area contributed by atoms with Gasteiger partial charge in [0.25, 0.3) is 0 Å². The van der Waals surface area contributed by atoms with E-state index in [-0.39, 0.29) is 12.5 Å². The molecule has 0 aromatic heterocycles. The summed E-state index contributed by atoms with van der Waals surface area (Å²) in [6, 6.07) is 0.502. The van der Waals surface area contributed by atoms with E-state index >= 15 is 0 Å². The van der Waals surface area contributed by atoms with Crippen LogP contribution in [0.25, 0.3) is 0 Å². The van der Waals surface area contributed by atoms with Crippen molar-refractivity contribution in [2.24, 2.45) is 5.92 Å². The molecule has 2 rings (SSSR count). The number of fused-ring (bicyclic) bond motifs is 1. The van der Waals surface area contributed by atoms with E-state index in [1.807, 2.05) is 11.9 Å². The lowest BCUT2D eigenvalue weighted by atomic mass is 9.78. The Morgan fingerprint density at radius 2 is 2.00 bits per heavy atom. The molecular weight excluding hydrogens is 228 g/mol. The van der Waals surface area contributed by atoms with E-state index in [0.29, 0.717) is 19.1 Å². The predicted octanol–water partition coefficient (Wildman–Crippen LogP) is 1.09. The van der Waals surface area contributed by atoms with E-state index in [2.05, 4.69) is 4.90 Å². The van der Waals surface area contributed by atoms with Crippen LogP contribution in [0, 0.1) is 5.92 Å². The van der Waals surface area contributed by atoms with Crippen molar-refractivity contribution in [3.8, 4) is 0 Å². The van der Waals surface area contributed by atoms with Gasteiger partial charge in [0.05, 0.1) is 13.2 Å². The van der Waals surface area contributed by atoms with Crippen LogP contribution in [0.15, 0.2) is 0 Å². The Bertz CT molecular complexity index is 281. The highest BCUT2D eigenvalue weighted by Crippen LogP contribution is 2.35. The average Bonchev–Trinajstić information content (AvgIpc) is 2.38. The summed E-state index contributed by atoms with van der Waals surface area (Å²) in [4.78, 5) is 16.4. The molecule has 2 unspecified atom stereocenters. The number of amides is 1. The Morgan fingerprint density at radius 1 is 1.28 bits per heavy atom. The fourth-order valence-corrected chi connectivity index (χ4v) is 3.51. The monoisotopic (exact) mass is 254 g/mol. The summed E-state index contributed by atoms with van der Waals surface area (Å²) < 4.78 is 0. The maximum absolute atomic E-state index is 12.3. The van der Waals surface area contributed by atoms with Crippen molar-refractivity contribution in [3.05, 3.63) is 0 Å². The first kappa shape index (κ1) is 13.8. The lowest BCUT2D eigenvalue weighted by Gasteiger charge is -2.44. The first-order valence-corrected chi connectivity index (χ1v) is 7.31. The molecule has 1 saturated carbocycles. The average molecular weight is 254 g/mol. The van der Waals surface area contributed by atoms with Crippen molar-refractivity contribution in [2.75, 3.05) is 33.3 Å². The number of hydrogen-bond donors (Lipinski definition) is 1. The Hall–Kier alpha value is -0.610. The van der Waals surface area contributed by atoms with Crippen LogP contribution in [-0.4, -0.2) is 60.1 Å². The molecule has 2 fully saturated rings. The number of piperidine rings is 1. The van der Waals surface area contributed by atoms with E-state index in [1.165, 1.54) is 32.1 Å². The van der Waals surface area contributed by atoms with Gasteiger partial charge in [-0.3, -0.25) is 9.69 Å². The number of likely N-dealkylation sites (tertiary alicyclic amines) is 1. The van der Waals surface area contributed by atoms with Crippen molar-refractivity contribution < 1.29 is 9.90 Å². The largest absolute Gasteiger partial charge is 0.395 e. The lowest BCUT2D eigenvalue weighted by Crippen LogP contribution is -2.52. The molecule has 0 radical (unpaired) electrons. The van der Waals surface area contributed by atoms with Crippen LogP contribution in [-0.2, 0) is 4.79 Å². The minimum absolute atomic E-state index is 0.121. The van der Waals surface area contributed by atoms with Gasteiger partial charge in [-0.25, -0.2) is 0 Å². The number of carbonyl (C=O) groups is 1. The van der Waals surface area contributed by atoms with Gasteiger partial charge in [0, 0.05) is 19.1 Å². The van der Waals surface area contributed by atoms with Crippen molar-refractivity contribution in [2.45, 2.75) is 44.6 Å². The molecule has 2 atom stereocenters. The molecule has 18 heavy (non-hydrogen) atoms. The number of carbonyl (C=O) groups excluding carboxylic acids is 1.